The maximum Gasteiger partial charge on any atom is 0.140 e. The van der Waals surface area contributed by atoms with Crippen LogP contribution in [-0.2, 0) is 4.74 Å². The number of hydrogen-bond acceptors (Lipinski definition) is 7. The summed E-state index contributed by atoms with van der Waals surface area (Å²) in [6, 6.07) is 3.83. The van der Waals surface area contributed by atoms with Gasteiger partial charge in [-0.1, -0.05) is 15.4 Å². The number of aryl methyl sites for hydroxylation is 1. The van der Waals surface area contributed by atoms with Gasteiger partial charge in [-0.25, -0.2) is 10.8 Å². The van der Waals surface area contributed by atoms with E-state index in [9.17, 15) is 0 Å². The van der Waals surface area contributed by atoms with Crippen LogP contribution in [0.25, 0.3) is 5.70 Å². The van der Waals surface area contributed by atoms with Crippen LogP contribution in [-0.4, -0.2) is 35.5 Å². The Balaban J connectivity index is 2.13. The largest absolute Gasteiger partial charge is 0.500 e. The second-order valence-corrected chi connectivity index (χ2v) is 9.05. The minimum atomic E-state index is 0.296. The van der Waals surface area contributed by atoms with Crippen LogP contribution in [0.2, 0.25) is 0 Å². The molecule has 0 saturated heterocycles. The van der Waals surface area contributed by atoms with Crippen LogP contribution in [0.3, 0.4) is 0 Å². The molecule has 1 fully saturated rings. The summed E-state index contributed by atoms with van der Waals surface area (Å²) in [5.41, 5.74) is 8.97. The number of ether oxygens (including phenoxy) is 2. The topological polar surface area (TPSA) is 86.6 Å². The molecule has 6 nitrogen and oxygen atoms in total. The number of aromatic nitrogens is 1. The van der Waals surface area contributed by atoms with Crippen molar-refractivity contribution >= 4 is 35.8 Å². The van der Waals surface area contributed by atoms with Crippen molar-refractivity contribution in [2.45, 2.75) is 45.1 Å². The zero-order valence-corrected chi connectivity index (χ0v) is 19.0. The molecule has 0 spiro atoms. The zero-order valence-electron chi connectivity index (χ0n) is 16.0. The summed E-state index contributed by atoms with van der Waals surface area (Å²) in [5, 5.41) is 1.46. The molecule has 1 heterocycles. The number of pyridine rings is 1. The highest BCUT2D eigenvalue weighted by molar-refractivity contribution is 14.2. The summed E-state index contributed by atoms with van der Waals surface area (Å²) >= 11 is 2.24. The van der Waals surface area contributed by atoms with Crippen LogP contribution in [0.5, 0.6) is 5.75 Å². The number of likely N-dealkylation sites (N-methyl/N-ethyl adjacent to an activating group) is 1. The first kappa shape index (κ1) is 22.2. The van der Waals surface area contributed by atoms with Gasteiger partial charge in [-0.15, -0.1) is 0 Å². The fraction of sp³-hybridized carbons (Fsp3) is 0.526. The molecule has 8 heteroatoms. The van der Waals surface area contributed by atoms with Crippen molar-refractivity contribution in [1.29, 1.82) is 0 Å². The fourth-order valence-corrected chi connectivity index (χ4v) is 3.67. The van der Waals surface area contributed by atoms with E-state index in [2.05, 4.69) is 26.2 Å². The first-order valence-electron chi connectivity index (χ1n) is 9.17. The van der Waals surface area contributed by atoms with Crippen LogP contribution in [0.15, 0.2) is 30.2 Å². The second-order valence-electron chi connectivity index (χ2n) is 6.55. The number of rotatable bonds is 9. The summed E-state index contributed by atoms with van der Waals surface area (Å²) in [7, 11) is 3.44. The van der Waals surface area contributed by atoms with Gasteiger partial charge in [0.15, 0.2) is 0 Å². The summed E-state index contributed by atoms with van der Waals surface area (Å²) in [5.74, 6) is 7.69. The standard InChI is InChI=1S/C19H29IN4O2S/c1-14-18(26-15-6-4-3-5-7-15)9-8-16(23-14)19(21)17(24(2)22)10-11-25-12-13-27-20/h8-11,15H,3-7,12-13,21-22H2,1-2H3/b11-10+,19-17-. The van der Waals surface area contributed by atoms with E-state index in [0.29, 0.717) is 29.8 Å². The molecule has 1 aliphatic rings. The van der Waals surface area contributed by atoms with Crippen LogP contribution in [0, 0.1) is 6.92 Å². The van der Waals surface area contributed by atoms with E-state index in [1.165, 1.54) is 24.3 Å². The van der Waals surface area contributed by atoms with E-state index in [1.54, 1.807) is 28.3 Å². The number of nitrogens with zero attached hydrogens (tertiary/aromatic N) is 2. The Hall–Kier alpha value is -1.13. The number of halogens is 1. The average molecular weight is 504 g/mol. The van der Waals surface area contributed by atoms with E-state index in [-0.39, 0.29) is 0 Å². The molecule has 2 rings (SSSR count). The number of hydrazine groups is 1. The minimum absolute atomic E-state index is 0.296. The van der Waals surface area contributed by atoms with Crippen LogP contribution in [0.1, 0.15) is 43.5 Å². The van der Waals surface area contributed by atoms with E-state index in [1.807, 2.05) is 19.1 Å². The highest BCUT2D eigenvalue weighted by atomic mass is 127. The molecule has 1 aromatic heterocycles. The molecule has 1 aromatic rings. The molecular weight excluding hydrogens is 475 g/mol. The third-order valence-electron chi connectivity index (χ3n) is 4.42. The van der Waals surface area contributed by atoms with Gasteiger partial charge in [-0.3, -0.25) is 0 Å². The average Bonchev–Trinajstić information content (AvgIpc) is 2.66. The maximum atomic E-state index is 6.33. The van der Waals surface area contributed by atoms with Gasteiger partial charge in [-0.2, -0.15) is 0 Å². The number of hydrogen-bond donors (Lipinski definition) is 2. The normalized spacial score (nSPS) is 16.3. The molecule has 150 valence electrons. The smallest absolute Gasteiger partial charge is 0.140 e. The van der Waals surface area contributed by atoms with Crippen molar-refractivity contribution in [3.8, 4) is 5.75 Å². The minimum Gasteiger partial charge on any atom is -0.500 e. The molecule has 0 radical (unpaired) electrons. The number of allylic oxidation sites excluding steroid dienone is 1. The highest BCUT2D eigenvalue weighted by Crippen LogP contribution is 2.26. The SMILES string of the molecule is Cc1nc(/C(N)=C(\C=C\OCCSI)N(C)N)ccc1OC1CCCCC1. The lowest BCUT2D eigenvalue weighted by Gasteiger charge is -2.24. The third kappa shape index (κ3) is 7.08. The number of nitrogens with two attached hydrogens (primary N) is 2. The Morgan fingerprint density at radius 3 is 2.74 bits per heavy atom. The Labute approximate surface area is 178 Å². The Morgan fingerprint density at radius 2 is 2.11 bits per heavy atom. The Kier molecular flexibility index (Phi) is 9.57. The van der Waals surface area contributed by atoms with E-state index in [0.717, 1.165) is 30.0 Å². The lowest BCUT2D eigenvalue weighted by Crippen LogP contribution is -2.27. The van der Waals surface area contributed by atoms with Crippen molar-refractivity contribution in [2.24, 2.45) is 11.6 Å². The van der Waals surface area contributed by atoms with Crippen LogP contribution >= 0.6 is 30.1 Å². The van der Waals surface area contributed by atoms with Crippen molar-refractivity contribution in [1.82, 2.24) is 9.99 Å². The predicted octanol–water partition coefficient (Wildman–Crippen LogP) is 4.15. The molecule has 0 aromatic carbocycles. The van der Waals surface area contributed by atoms with Gasteiger partial charge in [0.2, 0.25) is 0 Å². The van der Waals surface area contributed by atoms with Gasteiger partial charge in [-0.05, 0) is 72.0 Å². The van der Waals surface area contributed by atoms with Gasteiger partial charge < -0.3 is 20.2 Å². The Bertz CT molecular complexity index is 661. The van der Waals surface area contributed by atoms with E-state index >= 15 is 0 Å². The summed E-state index contributed by atoms with van der Waals surface area (Å²) in [6.07, 6.45) is 9.69. The van der Waals surface area contributed by atoms with Crippen LogP contribution in [0.4, 0.5) is 0 Å². The predicted molar refractivity (Wildman–Crippen MR) is 121 cm³/mol. The second kappa shape index (κ2) is 11.7. The van der Waals surface area contributed by atoms with Gasteiger partial charge in [0.25, 0.3) is 0 Å². The zero-order chi connectivity index (χ0) is 19.6. The monoisotopic (exact) mass is 504 g/mol. The molecule has 0 atom stereocenters. The van der Waals surface area contributed by atoms with E-state index in [4.69, 9.17) is 21.1 Å². The van der Waals surface area contributed by atoms with Gasteiger partial charge in [0, 0.05) is 12.8 Å². The highest BCUT2D eigenvalue weighted by Gasteiger charge is 2.17. The van der Waals surface area contributed by atoms with Crippen molar-refractivity contribution in [3.63, 3.8) is 0 Å². The maximum absolute atomic E-state index is 6.33. The summed E-state index contributed by atoms with van der Waals surface area (Å²) in [6.45, 7) is 2.58. The lowest BCUT2D eigenvalue weighted by atomic mass is 9.98. The molecule has 27 heavy (non-hydrogen) atoms. The molecule has 0 aliphatic heterocycles. The van der Waals surface area contributed by atoms with Gasteiger partial charge in [0.1, 0.15) is 5.75 Å². The first-order valence-corrected chi connectivity index (χ1v) is 12.7. The molecule has 0 amide bonds. The van der Waals surface area contributed by atoms with Gasteiger partial charge in [0.05, 0.1) is 41.8 Å². The first-order chi connectivity index (χ1) is 13.0. The lowest BCUT2D eigenvalue weighted by molar-refractivity contribution is 0.153. The summed E-state index contributed by atoms with van der Waals surface area (Å²) in [4.78, 5) is 4.63. The summed E-state index contributed by atoms with van der Waals surface area (Å²) < 4.78 is 11.6. The van der Waals surface area contributed by atoms with Crippen molar-refractivity contribution in [3.05, 3.63) is 41.6 Å². The molecular formula is C19H29IN4O2S. The molecule has 0 bridgehead atoms. The van der Waals surface area contributed by atoms with Crippen LogP contribution < -0.4 is 16.3 Å². The quantitative estimate of drug-likeness (QED) is 0.131. The third-order valence-corrected chi connectivity index (χ3v) is 6.06. The molecule has 4 N–H and O–H groups in total. The van der Waals surface area contributed by atoms with Gasteiger partial charge >= 0.3 is 0 Å². The molecule has 0 unspecified atom stereocenters. The fourth-order valence-electron chi connectivity index (χ4n) is 2.97. The molecule has 1 saturated carbocycles. The molecule has 1 aliphatic carbocycles. The Morgan fingerprint density at radius 1 is 1.37 bits per heavy atom. The van der Waals surface area contributed by atoms with Crippen molar-refractivity contribution < 1.29 is 9.47 Å². The van der Waals surface area contributed by atoms with Crippen molar-refractivity contribution in [2.75, 3.05) is 19.4 Å². The van der Waals surface area contributed by atoms with E-state index < -0.39 is 0 Å².